The minimum absolute atomic E-state index is 0.104. The van der Waals surface area contributed by atoms with Crippen LogP contribution in [0.2, 0.25) is 5.02 Å². The van der Waals surface area contributed by atoms with E-state index >= 15 is 0 Å². The van der Waals surface area contributed by atoms with Crippen molar-refractivity contribution in [2.24, 2.45) is 7.05 Å². The molecule has 0 aliphatic heterocycles. The Bertz CT molecular complexity index is 601. The van der Waals surface area contributed by atoms with E-state index in [0.717, 1.165) is 5.69 Å². The fourth-order valence-corrected chi connectivity index (χ4v) is 2.21. The third kappa shape index (κ3) is 1.62. The van der Waals surface area contributed by atoms with Crippen LogP contribution in [-0.2, 0) is 7.05 Å². The molecule has 1 heterocycles. The maximum absolute atomic E-state index is 12.0. The van der Waals surface area contributed by atoms with Crippen molar-refractivity contribution in [1.82, 2.24) is 9.36 Å². The first-order valence-electron chi connectivity index (χ1n) is 4.73. The van der Waals surface area contributed by atoms with Gasteiger partial charge < -0.3 is 0 Å². The molecule has 1 aromatic carbocycles. The molecule has 0 saturated carbocycles. The Morgan fingerprint density at radius 3 is 2.44 bits per heavy atom. The quantitative estimate of drug-likeness (QED) is 0.795. The van der Waals surface area contributed by atoms with Gasteiger partial charge in [0.25, 0.3) is 5.56 Å². The molecule has 0 radical (unpaired) electrons. The van der Waals surface area contributed by atoms with Crippen LogP contribution < -0.4 is 5.56 Å². The summed E-state index contributed by atoms with van der Waals surface area (Å²) in [5.74, 6) is 0. The van der Waals surface area contributed by atoms with Crippen molar-refractivity contribution in [3.63, 3.8) is 0 Å². The Morgan fingerprint density at radius 2 is 1.94 bits per heavy atom. The van der Waals surface area contributed by atoms with Crippen molar-refractivity contribution in [2.75, 3.05) is 0 Å². The molecule has 2 rings (SSSR count). The first-order valence-corrected chi connectivity index (χ1v) is 5.90. The zero-order valence-corrected chi connectivity index (χ0v) is 11.2. The average molecular weight is 302 g/mol. The number of para-hydroxylation sites is 1. The van der Waals surface area contributed by atoms with Gasteiger partial charge in [-0.05, 0) is 35.0 Å². The standard InChI is InChI=1S/C11H10BrClN2O/c1-7-10(12)11(16)15(14(7)2)9-6-4-3-5-8(9)13/h3-6H,1-2H3. The minimum Gasteiger partial charge on any atom is -0.284 e. The van der Waals surface area contributed by atoms with E-state index in [1.807, 2.05) is 32.2 Å². The zero-order valence-electron chi connectivity index (χ0n) is 8.87. The molecule has 0 aliphatic carbocycles. The first-order chi connectivity index (χ1) is 7.54. The minimum atomic E-state index is -0.104. The van der Waals surface area contributed by atoms with E-state index in [2.05, 4.69) is 15.9 Å². The van der Waals surface area contributed by atoms with Crippen LogP contribution in [0.25, 0.3) is 5.69 Å². The Morgan fingerprint density at radius 1 is 1.31 bits per heavy atom. The van der Waals surface area contributed by atoms with Crippen LogP contribution in [0.5, 0.6) is 0 Å². The molecule has 0 spiro atoms. The van der Waals surface area contributed by atoms with Crippen LogP contribution in [0.15, 0.2) is 33.5 Å². The molecule has 0 atom stereocenters. The molecular formula is C11H10BrClN2O. The number of aromatic nitrogens is 2. The number of hydrogen-bond donors (Lipinski definition) is 0. The van der Waals surface area contributed by atoms with Gasteiger partial charge in [-0.25, -0.2) is 4.68 Å². The number of halogens is 2. The highest BCUT2D eigenvalue weighted by atomic mass is 79.9. The van der Waals surface area contributed by atoms with E-state index in [4.69, 9.17) is 11.6 Å². The largest absolute Gasteiger partial charge is 0.286 e. The highest BCUT2D eigenvalue weighted by Gasteiger charge is 2.14. The molecule has 0 bridgehead atoms. The van der Waals surface area contributed by atoms with Gasteiger partial charge in [0.1, 0.15) is 4.47 Å². The third-order valence-corrected chi connectivity index (χ3v) is 3.80. The van der Waals surface area contributed by atoms with Crippen molar-refractivity contribution < 1.29 is 0 Å². The Kier molecular flexibility index (Phi) is 2.95. The predicted molar refractivity (Wildman–Crippen MR) is 68.5 cm³/mol. The van der Waals surface area contributed by atoms with E-state index < -0.39 is 0 Å². The van der Waals surface area contributed by atoms with E-state index in [0.29, 0.717) is 15.2 Å². The van der Waals surface area contributed by atoms with Gasteiger partial charge in [-0.3, -0.25) is 9.48 Å². The third-order valence-electron chi connectivity index (χ3n) is 2.56. The monoisotopic (exact) mass is 300 g/mol. The average Bonchev–Trinajstić information content (AvgIpc) is 2.45. The number of benzene rings is 1. The Labute approximate surface area is 106 Å². The van der Waals surface area contributed by atoms with Crippen molar-refractivity contribution in [2.45, 2.75) is 6.92 Å². The van der Waals surface area contributed by atoms with E-state index in [-0.39, 0.29) is 5.56 Å². The highest BCUT2D eigenvalue weighted by Crippen LogP contribution is 2.20. The second-order valence-corrected chi connectivity index (χ2v) is 4.69. The van der Waals surface area contributed by atoms with Gasteiger partial charge in [0.05, 0.1) is 16.4 Å². The molecule has 0 unspecified atom stereocenters. The first kappa shape index (κ1) is 11.5. The van der Waals surface area contributed by atoms with Gasteiger partial charge in [0, 0.05) is 7.05 Å². The lowest BCUT2D eigenvalue weighted by molar-refractivity contribution is 0.630. The van der Waals surface area contributed by atoms with Gasteiger partial charge in [0.15, 0.2) is 0 Å². The van der Waals surface area contributed by atoms with Crippen LogP contribution >= 0.6 is 27.5 Å². The molecule has 0 N–H and O–H groups in total. The summed E-state index contributed by atoms with van der Waals surface area (Å²) >= 11 is 9.35. The summed E-state index contributed by atoms with van der Waals surface area (Å²) in [5.41, 5.74) is 1.45. The van der Waals surface area contributed by atoms with Crippen molar-refractivity contribution >= 4 is 27.5 Å². The summed E-state index contributed by atoms with van der Waals surface area (Å²) in [6.07, 6.45) is 0. The highest BCUT2D eigenvalue weighted by molar-refractivity contribution is 9.10. The SMILES string of the molecule is Cc1c(Br)c(=O)n(-c2ccccc2Cl)n1C. The number of hydrogen-bond acceptors (Lipinski definition) is 1. The van der Waals surface area contributed by atoms with E-state index in [1.54, 1.807) is 15.4 Å². The van der Waals surface area contributed by atoms with Gasteiger partial charge in [0.2, 0.25) is 0 Å². The normalized spacial score (nSPS) is 10.8. The van der Waals surface area contributed by atoms with Crippen LogP contribution in [0.1, 0.15) is 5.69 Å². The molecule has 1 aromatic heterocycles. The van der Waals surface area contributed by atoms with Gasteiger partial charge in [-0.1, -0.05) is 23.7 Å². The molecule has 16 heavy (non-hydrogen) atoms. The van der Waals surface area contributed by atoms with Crippen molar-refractivity contribution in [3.8, 4) is 5.69 Å². The molecule has 84 valence electrons. The van der Waals surface area contributed by atoms with Crippen LogP contribution in [0.4, 0.5) is 0 Å². The molecule has 5 heteroatoms. The lowest BCUT2D eigenvalue weighted by Gasteiger charge is -2.09. The molecule has 0 fully saturated rings. The lowest BCUT2D eigenvalue weighted by atomic mass is 10.3. The molecule has 0 saturated heterocycles. The van der Waals surface area contributed by atoms with Gasteiger partial charge >= 0.3 is 0 Å². The van der Waals surface area contributed by atoms with E-state index in [9.17, 15) is 4.79 Å². The second-order valence-electron chi connectivity index (χ2n) is 3.49. The molecule has 0 amide bonds. The molecular weight excluding hydrogens is 291 g/mol. The van der Waals surface area contributed by atoms with Gasteiger partial charge in [-0.15, -0.1) is 0 Å². The van der Waals surface area contributed by atoms with Crippen LogP contribution in [-0.4, -0.2) is 9.36 Å². The van der Waals surface area contributed by atoms with E-state index in [1.165, 1.54) is 0 Å². The summed E-state index contributed by atoms with van der Waals surface area (Å²) in [6, 6.07) is 7.26. The topological polar surface area (TPSA) is 26.9 Å². The summed E-state index contributed by atoms with van der Waals surface area (Å²) in [7, 11) is 1.82. The summed E-state index contributed by atoms with van der Waals surface area (Å²) in [6.45, 7) is 1.87. The lowest BCUT2D eigenvalue weighted by Crippen LogP contribution is -2.20. The smallest absolute Gasteiger partial charge is 0.284 e. The fraction of sp³-hybridized carbons (Fsp3) is 0.182. The summed E-state index contributed by atoms with van der Waals surface area (Å²) in [4.78, 5) is 12.0. The summed E-state index contributed by atoms with van der Waals surface area (Å²) < 4.78 is 3.88. The molecule has 3 nitrogen and oxygen atoms in total. The molecule has 0 aliphatic rings. The van der Waals surface area contributed by atoms with Crippen molar-refractivity contribution in [1.29, 1.82) is 0 Å². The molecule has 2 aromatic rings. The Balaban J connectivity index is 2.80. The summed E-state index contributed by atoms with van der Waals surface area (Å²) in [5, 5.41) is 0.553. The number of nitrogens with zero attached hydrogens (tertiary/aromatic N) is 2. The second kappa shape index (κ2) is 4.11. The zero-order chi connectivity index (χ0) is 11.9. The Hall–Kier alpha value is -1.00. The maximum Gasteiger partial charge on any atom is 0.286 e. The van der Waals surface area contributed by atoms with Crippen LogP contribution in [0.3, 0.4) is 0 Å². The van der Waals surface area contributed by atoms with Crippen LogP contribution in [0, 0.1) is 6.92 Å². The maximum atomic E-state index is 12.0. The van der Waals surface area contributed by atoms with Gasteiger partial charge in [-0.2, -0.15) is 0 Å². The predicted octanol–water partition coefficient (Wildman–Crippen LogP) is 2.90. The number of rotatable bonds is 1. The fourth-order valence-electron chi connectivity index (χ4n) is 1.57. The van der Waals surface area contributed by atoms with Crippen molar-refractivity contribution in [3.05, 3.63) is 49.8 Å².